The van der Waals surface area contributed by atoms with Gasteiger partial charge in [-0.1, -0.05) is 36.2 Å². The highest BCUT2D eigenvalue weighted by atomic mass is 35.5. The van der Waals surface area contributed by atoms with Gasteiger partial charge in [-0.05, 0) is 36.5 Å². The molecule has 0 radical (unpaired) electrons. The van der Waals surface area contributed by atoms with E-state index in [4.69, 9.17) is 28.9 Å². The molecular weight excluding hydrogens is 425 g/mol. The van der Waals surface area contributed by atoms with Crippen molar-refractivity contribution in [2.45, 2.75) is 37.8 Å². The zero-order chi connectivity index (χ0) is 21.4. The topological polar surface area (TPSA) is 95.6 Å². The van der Waals surface area contributed by atoms with Crippen LogP contribution in [-0.2, 0) is 11.2 Å². The number of amides is 1. The number of aromatic nitrogens is 2. The van der Waals surface area contributed by atoms with Crippen LogP contribution in [0, 0.1) is 0 Å². The maximum absolute atomic E-state index is 12.8. The van der Waals surface area contributed by atoms with Gasteiger partial charge in [0.2, 0.25) is 5.91 Å². The predicted octanol–water partition coefficient (Wildman–Crippen LogP) is 2.54. The van der Waals surface area contributed by atoms with Crippen LogP contribution < -0.4 is 10.6 Å². The number of halogens is 2. The van der Waals surface area contributed by atoms with Crippen molar-refractivity contribution in [2.75, 3.05) is 31.1 Å². The Hall–Kier alpha value is -1.93. The molecule has 3 atom stereocenters. The van der Waals surface area contributed by atoms with E-state index in [1.54, 1.807) is 17.0 Å². The lowest BCUT2D eigenvalue weighted by Crippen LogP contribution is -2.54. The molecule has 1 aromatic heterocycles. The third-order valence-electron chi connectivity index (χ3n) is 5.93. The van der Waals surface area contributed by atoms with Crippen LogP contribution >= 0.6 is 23.2 Å². The molecule has 1 aromatic carbocycles. The van der Waals surface area contributed by atoms with E-state index in [0.717, 1.165) is 22.6 Å². The lowest BCUT2D eigenvalue weighted by molar-refractivity contribution is -0.132. The van der Waals surface area contributed by atoms with E-state index in [1.807, 2.05) is 6.07 Å². The van der Waals surface area contributed by atoms with Gasteiger partial charge in [-0.3, -0.25) is 4.79 Å². The van der Waals surface area contributed by atoms with Gasteiger partial charge in [-0.15, -0.1) is 0 Å². The first kappa shape index (κ1) is 21.3. The van der Waals surface area contributed by atoms with Gasteiger partial charge in [0, 0.05) is 31.7 Å². The van der Waals surface area contributed by atoms with E-state index in [0.29, 0.717) is 49.1 Å². The Morgan fingerprint density at radius 3 is 2.67 bits per heavy atom. The van der Waals surface area contributed by atoms with Crippen LogP contribution in [0.15, 0.2) is 24.5 Å². The monoisotopic (exact) mass is 449 g/mol. The fraction of sp³-hybridized carbons (Fsp3) is 0.476. The summed E-state index contributed by atoms with van der Waals surface area (Å²) < 4.78 is 0. The number of nitrogens with zero attached hydrogens (tertiary/aromatic N) is 4. The average molecular weight is 450 g/mol. The third-order valence-corrected chi connectivity index (χ3v) is 6.67. The highest BCUT2D eigenvalue weighted by Crippen LogP contribution is 2.42. The molecule has 9 heteroatoms. The fourth-order valence-corrected chi connectivity index (χ4v) is 4.66. The molecule has 1 aliphatic heterocycles. The van der Waals surface area contributed by atoms with Gasteiger partial charge < -0.3 is 20.6 Å². The zero-order valence-corrected chi connectivity index (χ0v) is 18.3. The third kappa shape index (κ3) is 4.12. The summed E-state index contributed by atoms with van der Waals surface area (Å²) in [5.41, 5.74) is 8.83. The molecule has 2 aromatic rings. The quantitative estimate of drug-likeness (QED) is 0.744. The number of hydrogen-bond acceptors (Lipinski definition) is 6. The number of carbonyl (C=O) groups excluding carboxylic acids is 1. The summed E-state index contributed by atoms with van der Waals surface area (Å²) in [6.07, 6.45) is 2.06. The molecule has 160 valence electrons. The van der Waals surface area contributed by atoms with Crippen LogP contribution in [-0.4, -0.2) is 58.1 Å². The Morgan fingerprint density at radius 1 is 1.23 bits per heavy atom. The van der Waals surface area contributed by atoms with E-state index >= 15 is 0 Å². The van der Waals surface area contributed by atoms with Crippen molar-refractivity contribution < 1.29 is 9.90 Å². The average Bonchev–Trinajstić information content (AvgIpc) is 3.04. The minimum absolute atomic E-state index is 0.0718. The molecule has 1 amide bonds. The number of aliphatic hydroxyl groups is 1. The minimum atomic E-state index is -0.632. The van der Waals surface area contributed by atoms with E-state index in [2.05, 4.69) is 21.8 Å². The molecule has 2 aliphatic rings. The molecule has 0 unspecified atom stereocenters. The molecule has 1 saturated heterocycles. The number of benzene rings is 1. The molecule has 3 N–H and O–H groups in total. The summed E-state index contributed by atoms with van der Waals surface area (Å²) in [6.45, 7) is 4.56. The Morgan fingerprint density at radius 2 is 1.97 bits per heavy atom. The number of carbonyl (C=O) groups is 1. The summed E-state index contributed by atoms with van der Waals surface area (Å²) >= 11 is 12.0. The molecule has 4 rings (SSSR count). The van der Waals surface area contributed by atoms with Crippen LogP contribution in [0.5, 0.6) is 0 Å². The first-order chi connectivity index (χ1) is 14.3. The molecule has 30 heavy (non-hydrogen) atoms. The Labute approximate surface area is 185 Å². The summed E-state index contributed by atoms with van der Waals surface area (Å²) in [5.74, 6) is 1.01. The van der Waals surface area contributed by atoms with Gasteiger partial charge in [0.25, 0.3) is 0 Å². The largest absolute Gasteiger partial charge is 0.387 e. The Balaban J connectivity index is 1.39. The van der Waals surface area contributed by atoms with Gasteiger partial charge in [0.1, 0.15) is 12.1 Å². The normalized spacial score (nSPS) is 22.2. The van der Waals surface area contributed by atoms with Crippen molar-refractivity contribution in [3.05, 3.63) is 51.4 Å². The summed E-state index contributed by atoms with van der Waals surface area (Å²) in [7, 11) is 0. The number of anilines is 1. The standard InChI is InChI=1S/C21H25Cl2N5O2/c1-12-8-17(29)19-18(12)20(26-11-25-19)27-4-6-28(7-5-27)21(30)16(24)10-13-2-3-14(22)15(23)9-13/h2-3,9,11-12,16-17,29H,4-8,10,24H2,1H3/t12-,16-,17+/m1/s1. The van der Waals surface area contributed by atoms with Crippen LogP contribution in [0.25, 0.3) is 0 Å². The first-order valence-corrected chi connectivity index (χ1v) is 10.9. The lowest BCUT2D eigenvalue weighted by atomic mass is 10.0. The number of aliphatic hydroxyl groups excluding tert-OH is 1. The van der Waals surface area contributed by atoms with Gasteiger partial charge in [-0.2, -0.15) is 0 Å². The van der Waals surface area contributed by atoms with Crippen LogP contribution in [0.3, 0.4) is 0 Å². The number of piperazine rings is 1. The smallest absolute Gasteiger partial charge is 0.239 e. The zero-order valence-electron chi connectivity index (χ0n) is 16.8. The minimum Gasteiger partial charge on any atom is -0.387 e. The molecule has 0 spiro atoms. The van der Waals surface area contributed by atoms with Crippen molar-refractivity contribution in [1.82, 2.24) is 14.9 Å². The van der Waals surface area contributed by atoms with E-state index in [9.17, 15) is 9.90 Å². The van der Waals surface area contributed by atoms with E-state index in [-0.39, 0.29) is 11.8 Å². The number of rotatable bonds is 4. The van der Waals surface area contributed by atoms with Crippen LogP contribution in [0.2, 0.25) is 10.0 Å². The van der Waals surface area contributed by atoms with E-state index < -0.39 is 12.1 Å². The van der Waals surface area contributed by atoms with Gasteiger partial charge in [0.05, 0.1) is 27.9 Å². The molecule has 2 heterocycles. The molecule has 1 aliphatic carbocycles. The number of nitrogens with two attached hydrogens (primary N) is 1. The maximum atomic E-state index is 12.8. The van der Waals surface area contributed by atoms with Crippen molar-refractivity contribution in [3.8, 4) is 0 Å². The van der Waals surface area contributed by atoms with Crippen molar-refractivity contribution in [3.63, 3.8) is 0 Å². The second-order valence-corrected chi connectivity index (χ2v) is 8.83. The summed E-state index contributed by atoms with van der Waals surface area (Å²) in [5, 5.41) is 11.2. The molecule has 0 bridgehead atoms. The van der Waals surface area contributed by atoms with Crippen molar-refractivity contribution in [2.24, 2.45) is 5.73 Å². The highest BCUT2D eigenvalue weighted by molar-refractivity contribution is 6.42. The fourth-order valence-electron chi connectivity index (χ4n) is 4.34. The van der Waals surface area contributed by atoms with Gasteiger partial charge in [0.15, 0.2) is 0 Å². The summed E-state index contributed by atoms with van der Waals surface area (Å²) in [4.78, 5) is 25.6. The molecular formula is C21H25Cl2N5O2. The molecule has 1 fully saturated rings. The first-order valence-electron chi connectivity index (χ1n) is 10.1. The van der Waals surface area contributed by atoms with Crippen LogP contribution in [0.1, 0.15) is 42.2 Å². The lowest BCUT2D eigenvalue weighted by Gasteiger charge is -2.37. The second-order valence-electron chi connectivity index (χ2n) is 8.02. The van der Waals surface area contributed by atoms with Crippen LogP contribution in [0.4, 0.5) is 5.82 Å². The van der Waals surface area contributed by atoms with Gasteiger partial charge >= 0.3 is 0 Å². The number of fused-ring (bicyclic) bond motifs is 1. The SMILES string of the molecule is C[C@@H]1C[C@H](O)c2ncnc(N3CCN(C(=O)[C@H](N)Cc4ccc(Cl)c(Cl)c4)CC3)c21. The number of hydrogen-bond donors (Lipinski definition) is 2. The molecule has 7 nitrogen and oxygen atoms in total. The summed E-state index contributed by atoms with van der Waals surface area (Å²) in [6, 6.07) is 4.67. The highest BCUT2D eigenvalue weighted by Gasteiger charge is 2.34. The maximum Gasteiger partial charge on any atom is 0.239 e. The second kappa shape index (κ2) is 8.67. The predicted molar refractivity (Wildman–Crippen MR) is 117 cm³/mol. The van der Waals surface area contributed by atoms with Crippen molar-refractivity contribution in [1.29, 1.82) is 0 Å². The van der Waals surface area contributed by atoms with Crippen molar-refractivity contribution >= 4 is 34.9 Å². The Kier molecular flexibility index (Phi) is 6.16. The van der Waals surface area contributed by atoms with E-state index in [1.165, 1.54) is 6.33 Å². The molecule has 0 saturated carbocycles. The van der Waals surface area contributed by atoms with Gasteiger partial charge in [-0.25, -0.2) is 9.97 Å². The Bertz CT molecular complexity index is 949.